The van der Waals surface area contributed by atoms with E-state index in [0.29, 0.717) is 40.0 Å². The summed E-state index contributed by atoms with van der Waals surface area (Å²) in [5, 5.41) is 24.4. The molecule has 4 aromatic rings. The van der Waals surface area contributed by atoms with Crippen molar-refractivity contribution < 1.29 is 4.74 Å². The number of fused-ring (bicyclic) bond motifs is 1. The zero-order valence-corrected chi connectivity index (χ0v) is 24.4. The number of benzene rings is 2. The molecule has 0 saturated heterocycles. The van der Waals surface area contributed by atoms with Crippen LogP contribution < -0.4 is 10.1 Å². The van der Waals surface area contributed by atoms with E-state index in [1.54, 1.807) is 13.3 Å². The molecule has 202 valence electrons. The second kappa shape index (κ2) is 10.3. The molecule has 2 aromatic carbocycles. The number of ether oxygens (including phenoxy) is 1. The Kier molecular flexibility index (Phi) is 7.21. The Bertz CT molecular complexity index is 1580. The second-order valence-corrected chi connectivity index (χ2v) is 12.5. The number of aromatic nitrogens is 4. The maximum absolute atomic E-state index is 9.84. The Hall–Kier alpha value is -3.34. The summed E-state index contributed by atoms with van der Waals surface area (Å²) >= 11 is 13.5. The molecule has 0 spiro atoms. The highest BCUT2D eigenvalue weighted by molar-refractivity contribution is 6.35. The minimum Gasteiger partial charge on any atom is -0.480 e. The lowest BCUT2D eigenvalue weighted by molar-refractivity contribution is 0.324. The van der Waals surface area contributed by atoms with Gasteiger partial charge in [-0.3, -0.25) is 4.98 Å². The SMILES string of the molecule is COc1c([C@@H](Cc2cc(Cl)c3ncc(C#N)c(NCC(C)(C)C)c3c2)c2ccccc2Cl)nnn1C1(C)CC1. The summed E-state index contributed by atoms with van der Waals surface area (Å²) in [6.07, 6.45) is 4.18. The third kappa shape index (κ3) is 5.41. The Morgan fingerprint density at radius 2 is 1.92 bits per heavy atom. The Morgan fingerprint density at radius 3 is 2.56 bits per heavy atom. The van der Waals surface area contributed by atoms with Gasteiger partial charge in [-0.2, -0.15) is 5.26 Å². The van der Waals surface area contributed by atoms with Gasteiger partial charge in [0.15, 0.2) is 0 Å². The minimum absolute atomic E-state index is 0.0133. The summed E-state index contributed by atoms with van der Waals surface area (Å²) < 4.78 is 7.78. The van der Waals surface area contributed by atoms with Gasteiger partial charge in [0.25, 0.3) is 0 Å². The number of nitrogens with zero attached hydrogens (tertiary/aromatic N) is 5. The molecule has 1 saturated carbocycles. The number of hydrogen-bond donors (Lipinski definition) is 1. The fourth-order valence-electron chi connectivity index (χ4n) is 4.85. The molecule has 1 aliphatic rings. The van der Waals surface area contributed by atoms with Gasteiger partial charge in [-0.15, -0.1) is 5.10 Å². The molecule has 0 amide bonds. The van der Waals surface area contributed by atoms with Crippen molar-refractivity contribution >= 4 is 39.8 Å². The van der Waals surface area contributed by atoms with Crippen molar-refractivity contribution in [2.75, 3.05) is 19.0 Å². The number of pyridine rings is 1. The minimum atomic E-state index is -0.239. The number of nitrogens with one attached hydrogen (secondary N) is 1. The molecule has 0 bridgehead atoms. The molecule has 0 unspecified atom stereocenters. The molecule has 1 fully saturated rings. The second-order valence-electron chi connectivity index (χ2n) is 11.7. The fourth-order valence-corrected chi connectivity index (χ4v) is 5.41. The molecular weight excluding hydrogens is 531 g/mol. The van der Waals surface area contributed by atoms with Crippen molar-refractivity contribution in [3.05, 3.63) is 75.0 Å². The topological polar surface area (TPSA) is 88.7 Å². The van der Waals surface area contributed by atoms with Crippen LogP contribution >= 0.6 is 23.2 Å². The maximum atomic E-state index is 9.84. The Labute approximate surface area is 239 Å². The number of rotatable bonds is 8. The molecule has 2 heterocycles. The summed E-state index contributed by atoms with van der Waals surface area (Å²) in [4.78, 5) is 4.51. The van der Waals surface area contributed by atoms with Crippen LogP contribution in [0.25, 0.3) is 10.9 Å². The molecule has 1 atom stereocenters. The van der Waals surface area contributed by atoms with Crippen LogP contribution in [0, 0.1) is 16.7 Å². The van der Waals surface area contributed by atoms with Gasteiger partial charge in [0.05, 0.1) is 34.4 Å². The third-order valence-corrected chi connectivity index (χ3v) is 7.92. The van der Waals surface area contributed by atoms with E-state index in [4.69, 9.17) is 27.9 Å². The first-order valence-electron chi connectivity index (χ1n) is 13.0. The lowest BCUT2D eigenvalue weighted by atomic mass is 9.88. The van der Waals surface area contributed by atoms with Crippen molar-refractivity contribution in [3.8, 4) is 11.9 Å². The van der Waals surface area contributed by atoms with E-state index in [2.05, 4.69) is 60.4 Å². The van der Waals surface area contributed by atoms with Crippen LogP contribution in [0.4, 0.5) is 5.69 Å². The van der Waals surface area contributed by atoms with E-state index in [0.717, 1.165) is 40.7 Å². The van der Waals surface area contributed by atoms with Gasteiger partial charge in [0.1, 0.15) is 11.8 Å². The summed E-state index contributed by atoms with van der Waals surface area (Å²) in [7, 11) is 1.66. The average molecular weight is 564 g/mol. The predicted molar refractivity (Wildman–Crippen MR) is 156 cm³/mol. The zero-order chi connectivity index (χ0) is 27.9. The molecule has 0 radical (unpaired) electrons. The molecule has 1 aliphatic carbocycles. The first-order chi connectivity index (χ1) is 18.5. The van der Waals surface area contributed by atoms with Gasteiger partial charge in [-0.1, -0.05) is 67.4 Å². The van der Waals surface area contributed by atoms with Gasteiger partial charge < -0.3 is 10.1 Å². The van der Waals surface area contributed by atoms with Gasteiger partial charge in [-0.05, 0) is 60.9 Å². The molecule has 2 aromatic heterocycles. The van der Waals surface area contributed by atoms with Gasteiger partial charge >= 0.3 is 0 Å². The first-order valence-corrected chi connectivity index (χ1v) is 13.8. The van der Waals surface area contributed by atoms with E-state index in [1.807, 2.05) is 35.0 Å². The summed E-state index contributed by atoms with van der Waals surface area (Å²) in [5.41, 5.74) is 4.41. The summed E-state index contributed by atoms with van der Waals surface area (Å²) in [6, 6.07) is 14.0. The third-order valence-electron chi connectivity index (χ3n) is 7.28. The van der Waals surface area contributed by atoms with Crippen molar-refractivity contribution in [1.82, 2.24) is 20.0 Å². The van der Waals surface area contributed by atoms with Crippen molar-refractivity contribution in [2.24, 2.45) is 5.41 Å². The fraction of sp³-hybridized carbons (Fsp3) is 0.400. The highest BCUT2D eigenvalue weighted by atomic mass is 35.5. The Morgan fingerprint density at radius 1 is 1.18 bits per heavy atom. The molecule has 5 rings (SSSR count). The van der Waals surface area contributed by atoms with Gasteiger partial charge in [-0.25, -0.2) is 4.68 Å². The molecule has 1 N–H and O–H groups in total. The Balaban J connectivity index is 1.64. The van der Waals surface area contributed by atoms with Crippen molar-refractivity contribution in [3.63, 3.8) is 0 Å². The summed E-state index contributed by atoms with van der Waals surface area (Å²) in [5.74, 6) is 0.407. The molecule has 7 nitrogen and oxygen atoms in total. The largest absolute Gasteiger partial charge is 0.480 e. The van der Waals surface area contributed by atoms with Crippen LogP contribution in [-0.2, 0) is 12.0 Å². The molecule has 0 aliphatic heterocycles. The van der Waals surface area contributed by atoms with Gasteiger partial charge in [0, 0.05) is 29.1 Å². The molecule has 9 heteroatoms. The van der Waals surface area contributed by atoms with Crippen molar-refractivity contribution in [2.45, 2.75) is 58.4 Å². The van der Waals surface area contributed by atoms with Crippen LogP contribution in [0.15, 0.2) is 42.6 Å². The predicted octanol–water partition coefficient (Wildman–Crippen LogP) is 7.35. The average Bonchev–Trinajstić information content (AvgIpc) is 3.49. The number of hydrogen-bond acceptors (Lipinski definition) is 6. The monoisotopic (exact) mass is 562 g/mol. The quantitative estimate of drug-likeness (QED) is 0.241. The lowest BCUT2D eigenvalue weighted by Crippen LogP contribution is -2.19. The molecule has 39 heavy (non-hydrogen) atoms. The number of nitriles is 1. The van der Waals surface area contributed by atoms with E-state index in [1.165, 1.54) is 0 Å². The number of halogens is 2. The standard InChI is InChI=1S/C30H32Cl2N6O/c1-29(2,3)17-35-25-19(15-33)16-34-26-22(25)13-18(14-24(26)32)12-21(20-8-6-7-9-23(20)31)27-28(39-5)38(37-36-27)30(4)10-11-30/h6-9,13-14,16,21H,10-12,17H2,1-5H3,(H,34,35)/t21-/m0/s1. The van der Waals surface area contributed by atoms with Crippen LogP contribution in [0.2, 0.25) is 10.0 Å². The zero-order valence-electron chi connectivity index (χ0n) is 22.8. The van der Waals surface area contributed by atoms with E-state index >= 15 is 0 Å². The smallest absolute Gasteiger partial charge is 0.236 e. The number of methoxy groups -OCH3 is 1. The highest BCUT2D eigenvalue weighted by Gasteiger charge is 2.44. The normalized spacial score (nSPS) is 15.1. The van der Waals surface area contributed by atoms with Crippen LogP contribution in [0.3, 0.4) is 0 Å². The summed E-state index contributed by atoms with van der Waals surface area (Å²) in [6.45, 7) is 9.28. The van der Waals surface area contributed by atoms with Crippen LogP contribution in [0.5, 0.6) is 5.88 Å². The van der Waals surface area contributed by atoms with E-state index in [-0.39, 0.29) is 16.9 Å². The van der Waals surface area contributed by atoms with E-state index in [9.17, 15) is 5.26 Å². The van der Waals surface area contributed by atoms with Crippen LogP contribution in [-0.4, -0.2) is 33.6 Å². The number of anilines is 1. The highest BCUT2D eigenvalue weighted by Crippen LogP contribution is 2.47. The lowest BCUT2D eigenvalue weighted by Gasteiger charge is -2.22. The van der Waals surface area contributed by atoms with Crippen molar-refractivity contribution in [1.29, 1.82) is 5.26 Å². The van der Waals surface area contributed by atoms with Gasteiger partial charge in [0.2, 0.25) is 5.88 Å². The maximum Gasteiger partial charge on any atom is 0.236 e. The first kappa shape index (κ1) is 27.2. The van der Waals surface area contributed by atoms with E-state index < -0.39 is 0 Å². The van der Waals surface area contributed by atoms with Crippen LogP contribution in [0.1, 0.15) is 68.8 Å². The molecular formula is C30H32Cl2N6O.